The predicted molar refractivity (Wildman–Crippen MR) is 81.4 cm³/mol. The van der Waals surface area contributed by atoms with E-state index in [1.165, 1.54) is 17.7 Å². The number of benzene rings is 2. The van der Waals surface area contributed by atoms with Gasteiger partial charge in [-0.3, -0.25) is 0 Å². The Bertz CT molecular complexity index is 780. The molecule has 1 aliphatic heterocycles. The molecular formula is C17H15FN4. The highest BCUT2D eigenvalue weighted by Gasteiger charge is 2.24. The summed E-state index contributed by atoms with van der Waals surface area (Å²) in [5.41, 5.74) is 3.99. The molecule has 4 rings (SSSR count). The second-order valence-corrected chi connectivity index (χ2v) is 5.42. The number of nitrogens with one attached hydrogen (secondary N) is 1. The van der Waals surface area contributed by atoms with Gasteiger partial charge in [0.1, 0.15) is 11.5 Å². The molecule has 1 aliphatic rings. The van der Waals surface area contributed by atoms with E-state index < -0.39 is 0 Å². The lowest BCUT2D eigenvalue weighted by Gasteiger charge is -2.25. The van der Waals surface area contributed by atoms with Gasteiger partial charge in [-0.1, -0.05) is 35.5 Å². The maximum absolute atomic E-state index is 13.1. The molecule has 1 aromatic heterocycles. The summed E-state index contributed by atoms with van der Waals surface area (Å²) in [6.07, 6.45) is 0. The van der Waals surface area contributed by atoms with Crippen LogP contribution in [-0.2, 0) is 13.1 Å². The third kappa shape index (κ3) is 2.29. The summed E-state index contributed by atoms with van der Waals surface area (Å²) in [6, 6.07) is 16.9. The molecule has 4 nitrogen and oxygen atoms in total. The lowest BCUT2D eigenvalue weighted by Crippen LogP contribution is -2.32. The molecule has 0 aliphatic carbocycles. The number of nitrogens with zero attached hydrogens (tertiary/aromatic N) is 3. The van der Waals surface area contributed by atoms with Crippen molar-refractivity contribution in [2.45, 2.75) is 19.1 Å². The van der Waals surface area contributed by atoms with Crippen LogP contribution in [0.3, 0.4) is 0 Å². The zero-order chi connectivity index (χ0) is 14.9. The predicted octanol–water partition coefficient (Wildman–Crippen LogP) is 2.93. The number of fused-ring (bicyclic) bond motifs is 1. The van der Waals surface area contributed by atoms with E-state index in [-0.39, 0.29) is 11.9 Å². The maximum Gasteiger partial charge on any atom is 0.123 e. The summed E-state index contributed by atoms with van der Waals surface area (Å²) < 4.78 is 15.0. The fourth-order valence-electron chi connectivity index (χ4n) is 2.85. The second-order valence-electron chi connectivity index (χ2n) is 5.42. The SMILES string of the molecule is Fc1ccc(-c2nnn3c2CN[C@@H](c2ccccc2)C3)cc1. The highest BCUT2D eigenvalue weighted by molar-refractivity contribution is 5.61. The number of halogens is 1. The lowest BCUT2D eigenvalue weighted by molar-refractivity contribution is 0.373. The highest BCUT2D eigenvalue weighted by atomic mass is 19.1. The van der Waals surface area contributed by atoms with Crippen LogP contribution < -0.4 is 5.32 Å². The molecule has 3 aromatic rings. The molecule has 2 heterocycles. The van der Waals surface area contributed by atoms with Gasteiger partial charge in [-0.2, -0.15) is 0 Å². The molecule has 5 heteroatoms. The molecule has 0 saturated carbocycles. The number of hydrogen-bond acceptors (Lipinski definition) is 3. The molecule has 1 atom stereocenters. The van der Waals surface area contributed by atoms with Gasteiger partial charge in [0.05, 0.1) is 18.3 Å². The van der Waals surface area contributed by atoms with Crippen molar-refractivity contribution in [1.29, 1.82) is 0 Å². The molecular weight excluding hydrogens is 279 g/mol. The van der Waals surface area contributed by atoms with Gasteiger partial charge in [-0.25, -0.2) is 9.07 Å². The van der Waals surface area contributed by atoms with Gasteiger partial charge in [0.15, 0.2) is 0 Å². The Labute approximate surface area is 127 Å². The number of rotatable bonds is 2. The van der Waals surface area contributed by atoms with Gasteiger partial charge in [0, 0.05) is 12.1 Å². The van der Waals surface area contributed by atoms with Crippen LogP contribution in [-0.4, -0.2) is 15.0 Å². The van der Waals surface area contributed by atoms with Crippen molar-refractivity contribution in [2.24, 2.45) is 0 Å². The largest absolute Gasteiger partial charge is 0.303 e. The first-order valence-corrected chi connectivity index (χ1v) is 7.28. The first-order chi connectivity index (χ1) is 10.8. The van der Waals surface area contributed by atoms with Crippen LogP contribution >= 0.6 is 0 Å². The van der Waals surface area contributed by atoms with Gasteiger partial charge >= 0.3 is 0 Å². The summed E-state index contributed by atoms with van der Waals surface area (Å²) in [6.45, 7) is 1.44. The molecule has 2 aromatic carbocycles. The third-order valence-electron chi connectivity index (χ3n) is 4.03. The fourth-order valence-corrected chi connectivity index (χ4v) is 2.85. The van der Waals surface area contributed by atoms with Crippen molar-refractivity contribution < 1.29 is 4.39 Å². The zero-order valence-corrected chi connectivity index (χ0v) is 11.9. The average Bonchev–Trinajstić information content (AvgIpc) is 2.99. The third-order valence-corrected chi connectivity index (χ3v) is 4.03. The smallest absolute Gasteiger partial charge is 0.123 e. The monoisotopic (exact) mass is 294 g/mol. The van der Waals surface area contributed by atoms with E-state index in [0.29, 0.717) is 6.54 Å². The Kier molecular flexibility index (Phi) is 3.20. The van der Waals surface area contributed by atoms with Crippen LogP contribution in [0.15, 0.2) is 54.6 Å². The summed E-state index contributed by atoms with van der Waals surface area (Å²) in [5.74, 6) is -0.243. The minimum absolute atomic E-state index is 0.233. The first kappa shape index (κ1) is 13.2. The van der Waals surface area contributed by atoms with Gasteiger partial charge in [0.2, 0.25) is 0 Å². The Balaban J connectivity index is 1.64. The minimum atomic E-state index is -0.243. The van der Waals surface area contributed by atoms with Gasteiger partial charge in [-0.15, -0.1) is 5.10 Å². The van der Waals surface area contributed by atoms with E-state index in [9.17, 15) is 4.39 Å². The Morgan fingerprint density at radius 1 is 1.05 bits per heavy atom. The molecule has 110 valence electrons. The normalized spacial score (nSPS) is 17.2. The molecule has 0 amide bonds. The standard InChI is InChI=1S/C17H15FN4/c18-14-8-6-13(7-9-14)17-16-10-19-15(11-22(16)21-20-17)12-4-2-1-3-5-12/h1-9,15,19H,10-11H2/t15-/m1/s1. The van der Waals surface area contributed by atoms with Crippen molar-refractivity contribution in [3.63, 3.8) is 0 Å². The first-order valence-electron chi connectivity index (χ1n) is 7.28. The molecule has 22 heavy (non-hydrogen) atoms. The second kappa shape index (κ2) is 5.35. The topological polar surface area (TPSA) is 42.7 Å². The quantitative estimate of drug-likeness (QED) is 0.790. The van der Waals surface area contributed by atoms with Crippen LogP contribution in [0.5, 0.6) is 0 Å². The van der Waals surface area contributed by atoms with Crippen molar-refractivity contribution in [3.05, 3.63) is 71.7 Å². The molecule has 0 spiro atoms. The van der Waals surface area contributed by atoms with E-state index >= 15 is 0 Å². The Hall–Kier alpha value is -2.53. The van der Waals surface area contributed by atoms with E-state index in [4.69, 9.17) is 0 Å². The summed E-state index contributed by atoms with van der Waals surface area (Å²) in [5, 5.41) is 12.1. The van der Waals surface area contributed by atoms with Gasteiger partial charge in [0.25, 0.3) is 0 Å². The van der Waals surface area contributed by atoms with E-state index in [1.807, 2.05) is 22.9 Å². The van der Waals surface area contributed by atoms with Crippen LogP contribution in [0.2, 0.25) is 0 Å². The average molecular weight is 294 g/mol. The molecule has 0 radical (unpaired) electrons. The van der Waals surface area contributed by atoms with E-state index in [2.05, 4.69) is 27.8 Å². The number of aromatic nitrogens is 3. The van der Waals surface area contributed by atoms with Crippen LogP contribution in [0.1, 0.15) is 17.3 Å². The number of hydrogen-bond donors (Lipinski definition) is 1. The highest BCUT2D eigenvalue weighted by Crippen LogP contribution is 2.27. The lowest BCUT2D eigenvalue weighted by atomic mass is 10.0. The van der Waals surface area contributed by atoms with Crippen LogP contribution in [0.4, 0.5) is 4.39 Å². The van der Waals surface area contributed by atoms with Gasteiger partial charge in [-0.05, 0) is 29.8 Å². The van der Waals surface area contributed by atoms with Crippen molar-refractivity contribution in [2.75, 3.05) is 0 Å². The molecule has 0 unspecified atom stereocenters. The fraction of sp³-hybridized carbons (Fsp3) is 0.176. The van der Waals surface area contributed by atoms with E-state index in [0.717, 1.165) is 23.5 Å². The maximum atomic E-state index is 13.1. The zero-order valence-electron chi connectivity index (χ0n) is 11.9. The molecule has 0 fully saturated rings. The van der Waals surface area contributed by atoms with Crippen molar-refractivity contribution in [3.8, 4) is 11.3 Å². The summed E-state index contributed by atoms with van der Waals surface area (Å²) in [4.78, 5) is 0. The Morgan fingerprint density at radius 3 is 2.59 bits per heavy atom. The van der Waals surface area contributed by atoms with Crippen LogP contribution in [0.25, 0.3) is 11.3 Å². The van der Waals surface area contributed by atoms with Crippen LogP contribution in [0, 0.1) is 5.82 Å². The summed E-state index contributed by atoms with van der Waals surface area (Å²) in [7, 11) is 0. The molecule has 0 bridgehead atoms. The van der Waals surface area contributed by atoms with Crippen molar-refractivity contribution >= 4 is 0 Å². The van der Waals surface area contributed by atoms with Crippen molar-refractivity contribution in [1.82, 2.24) is 20.3 Å². The minimum Gasteiger partial charge on any atom is -0.303 e. The Morgan fingerprint density at radius 2 is 1.82 bits per heavy atom. The summed E-state index contributed by atoms with van der Waals surface area (Å²) >= 11 is 0. The van der Waals surface area contributed by atoms with Gasteiger partial charge < -0.3 is 5.32 Å². The van der Waals surface area contributed by atoms with E-state index in [1.54, 1.807) is 12.1 Å². The molecule has 0 saturated heterocycles. The molecule has 1 N–H and O–H groups in total.